The highest BCUT2D eigenvalue weighted by Gasteiger charge is 2.29. The van der Waals surface area contributed by atoms with Crippen molar-refractivity contribution >= 4 is 5.91 Å². The molecule has 6 nitrogen and oxygen atoms in total. The Bertz CT molecular complexity index is 777. The minimum absolute atomic E-state index is 0.0370. The summed E-state index contributed by atoms with van der Waals surface area (Å²) in [5.41, 5.74) is 1.40. The fourth-order valence-corrected chi connectivity index (χ4v) is 3.43. The van der Waals surface area contributed by atoms with Crippen LogP contribution in [-0.2, 0) is 5.60 Å². The average molecular weight is 387 g/mol. The molecule has 1 unspecified atom stereocenters. The first-order chi connectivity index (χ1) is 13.3. The fraction of sp³-hybridized carbons (Fsp3) is 0.591. The van der Waals surface area contributed by atoms with Gasteiger partial charge < -0.3 is 10.0 Å². The number of hydrogen-bond acceptors (Lipinski definition) is 4. The Hall–Kier alpha value is -2.21. The van der Waals surface area contributed by atoms with E-state index in [1.165, 1.54) is 0 Å². The highest BCUT2D eigenvalue weighted by atomic mass is 16.3. The molecule has 28 heavy (non-hydrogen) atoms. The quantitative estimate of drug-likeness (QED) is 0.857. The minimum atomic E-state index is -1.02. The highest BCUT2D eigenvalue weighted by Crippen LogP contribution is 2.26. The first kappa shape index (κ1) is 22.1. The monoisotopic (exact) mass is 386 g/mol. The molecule has 0 aliphatic carbocycles. The van der Waals surface area contributed by atoms with Crippen LogP contribution in [0.4, 0.5) is 0 Å². The van der Waals surface area contributed by atoms with Crippen LogP contribution >= 0.6 is 0 Å². The van der Waals surface area contributed by atoms with Gasteiger partial charge in [0.05, 0.1) is 12.2 Å². The number of nitrogens with zero attached hydrogens (tertiary/aromatic N) is 4. The van der Waals surface area contributed by atoms with Gasteiger partial charge >= 0.3 is 0 Å². The molecule has 0 bridgehead atoms. The van der Waals surface area contributed by atoms with Crippen molar-refractivity contribution in [2.45, 2.75) is 71.9 Å². The molecule has 1 aliphatic rings. The number of amides is 1. The maximum atomic E-state index is 13.1. The second kappa shape index (κ2) is 9.32. The number of rotatable bonds is 4. The van der Waals surface area contributed by atoms with Gasteiger partial charge in [-0.3, -0.25) is 4.79 Å². The highest BCUT2D eigenvalue weighted by molar-refractivity contribution is 5.96. The van der Waals surface area contributed by atoms with Gasteiger partial charge in [0, 0.05) is 18.7 Å². The van der Waals surface area contributed by atoms with E-state index in [1.807, 2.05) is 43.0 Å². The van der Waals surface area contributed by atoms with Crippen LogP contribution in [0.2, 0.25) is 0 Å². The van der Waals surface area contributed by atoms with E-state index in [0.717, 1.165) is 30.5 Å². The smallest absolute Gasteiger partial charge is 0.254 e. The number of aromatic nitrogens is 3. The van der Waals surface area contributed by atoms with Crippen LogP contribution < -0.4 is 0 Å². The maximum absolute atomic E-state index is 13.1. The fourth-order valence-electron chi connectivity index (χ4n) is 3.43. The van der Waals surface area contributed by atoms with Gasteiger partial charge in [-0.25, -0.2) is 0 Å². The molecule has 1 atom stereocenters. The lowest BCUT2D eigenvalue weighted by Crippen LogP contribution is -2.41. The Labute approximate surface area is 168 Å². The third-order valence-corrected chi connectivity index (χ3v) is 4.96. The summed E-state index contributed by atoms with van der Waals surface area (Å²) in [6.07, 6.45) is 3.45. The van der Waals surface area contributed by atoms with Crippen LogP contribution in [0.15, 0.2) is 30.5 Å². The summed E-state index contributed by atoms with van der Waals surface area (Å²) in [5.74, 6) is 0.381. The molecule has 1 N–H and O–H groups in total. The number of benzene rings is 1. The molecule has 1 fully saturated rings. The molecule has 2 aromatic rings. The van der Waals surface area contributed by atoms with E-state index < -0.39 is 5.60 Å². The first-order valence-corrected chi connectivity index (χ1v) is 10.3. The van der Waals surface area contributed by atoms with Crippen LogP contribution in [0.5, 0.6) is 0 Å². The molecule has 2 heterocycles. The number of piperidine rings is 1. The van der Waals surface area contributed by atoms with Crippen LogP contribution in [0.25, 0.3) is 0 Å². The second-order valence-corrected chi connectivity index (χ2v) is 7.90. The van der Waals surface area contributed by atoms with Crippen LogP contribution in [0.1, 0.15) is 88.0 Å². The largest absolute Gasteiger partial charge is 0.384 e. The molecule has 3 rings (SSSR count). The maximum Gasteiger partial charge on any atom is 0.254 e. The summed E-state index contributed by atoms with van der Waals surface area (Å²) in [5, 5.41) is 18.9. The van der Waals surface area contributed by atoms with Crippen molar-refractivity contribution in [1.82, 2.24) is 19.9 Å². The van der Waals surface area contributed by atoms with E-state index in [1.54, 1.807) is 24.8 Å². The van der Waals surface area contributed by atoms with E-state index in [-0.39, 0.29) is 11.9 Å². The Morgan fingerprint density at radius 3 is 2.54 bits per heavy atom. The van der Waals surface area contributed by atoms with Crippen LogP contribution in [-0.4, -0.2) is 44.0 Å². The van der Waals surface area contributed by atoms with Gasteiger partial charge in [-0.15, -0.1) is 0 Å². The first-order valence-electron chi connectivity index (χ1n) is 10.3. The van der Waals surface area contributed by atoms with Gasteiger partial charge in [0.15, 0.2) is 0 Å². The van der Waals surface area contributed by atoms with Crippen molar-refractivity contribution in [2.75, 3.05) is 13.1 Å². The average Bonchev–Trinajstić information content (AvgIpc) is 3.20. The molecule has 1 aromatic heterocycles. The van der Waals surface area contributed by atoms with Crippen molar-refractivity contribution < 1.29 is 9.90 Å². The lowest BCUT2D eigenvalue weighted by molar-refractivity contribution is 0.0639. The summed E-state index contributed by atoms with van der Waals surface area (Å²) < 4.78 is 0. The summed E-state index contributed by atoms with van der Waals surface area (Å²) in [6.45, 7) is 12.9. The number of likely N-dealkylation sites (tertiary alicyclic amines) is 1. The number of hydrogen-bond donors (Lipinski definition) is 1. The molecule has 6 heteroatoms. The van der Waals surface area contributed by atoms with Gasteiger partial charge in [-0.2, -0.15) is 15.0 Å². The molecule has 0 spiro atoms. The summed E-state index contributed by atoms with van der Waals surface area (Å²) in [6, 6.07) is 7.89. The standard InChI is InChI=1S/C20H28N4O2.C2H6/c1-14(2)16-9-5-6-10-17(16)19(25)23-11-7-8-15(13-23)24-21-12-18(22-24)20(3,4)26;1-2/h5-6,9-10,12,14-15,26H,7-8,11,13H2,1-4H3;1-2H3. The predicted molar refractivity (Wildman–Crippen MR) is 111 cm³/mol. The van der Waals surface area contributed by atoms with Gasteiger partial charge in [-0.05, 0) is 44.2 Å². The molecule has 1 aliphatic heterocycles. The Morgan fingerprint density at radius 2 is 1.93 bits per heavy atom. The van der Waals surface area contributed by atoms with Crippen molar-refractivity contribution in [3.63, 3.8) is 0 Å². The van der Waals surface area contributed by atoms with Crippen molar-refractivity contribution in [1.29, 1.82) is 0 Å². The predicted octanol–water partition coefficient (Wildman–Crippen LogP) is 4.13. The molecule has 0 radical (unpaired) electrons. The lowest BCUT2D eigenvalue weighted by Gasteiger charge is -2.33. The van der Waals surface area contributed by atoms with Gasteiger partial charge in [-0.1, -0.05) is 45.9 Å². The molecule has 1 amide bonds. The van der Waals surface area contributed by atoms with Gasteiger partial charge in [0.2, 0.25) is 0 Å². The SMILES string of the molecule is CC.CC(C)c1ccccc1C(=O)N1CCCC(n2ncc(C(C)(C)O)n2)C1. The number of carbonyl (C=O) groups excluding carboxylic acids is 1. The van der Waals surface area contributed by atoms with Gasteiger partial charge in [0.25, 0.3) is 5.91 Å². The van der Waals surface area contributed by atoms with Gasteiger partial charge in [0.1, 0.15) is 11.3 Å². The third-order valence-electron chi connectivity index (χ3n) is 4.96. The Morgan fingerprint density at radius 1 is 1.25 bits per heavy atom. The summed E-state index contributed by atoms with van der Waals surface area (Å²) >= 11 is 0. The Balaban J connectivity index is 0.00000136. The minimum Gasteiger partial charge on any atom is -0.384 e. The van der Waals surface area contributed by atoms with Crippen molar-refractivity contribution in [2.24, 2.45) is 0 Å². The molecule has 1 saturated heterocycles. The zero-order valence-corrected chi connectivity index (χ0v) is 18.0. The molecule has 0 saturated carbocycles. The second-order valence-electron chi connectivity index (χ2n) is 7.90. The van der Waals surface area contributed by atoms with Crippen LogP contribution in [0, 0.1) is 0 Å². The third kappa shape index (κ3) is 4.98. The van der Waals surface area contributed by atoms with Crippen molar-refractivity contribution in [3.8, 4) is 0 Å². The summed E-state index contributed by atoms with van der Waals surface area (Å²) in [7, 11) is 0. The number of aliphatic hydroxyl groups is 1. The van der Waals surface area contributed by atoms with Crippen LogP contribution in [0.3, 0.4) is 0 Å². The zero-order valence-electron chi connectivity index (χ0n) is 18.0. The van der Waals surface area contributed by atoms with E-state index in [4.69, 9.17) is 0 Å². The molecule has 154 valence electrons. The molecule has 1 aromatic carbocycles. The van der Waals surface area contributed by atoms with E-state index in [9.17, 15) is 9.90 Å². The van der Waals surface area contributed by atoms with E-state index >= 15 is 0 Å². The number of carbonyl (C=O) groups is 1. The topological polar surface area (TPSA) is 71.2 Å². The normalized spacial score (nSPS) is 17.3. The lowest BCUT2D eigenvalue weighted by atomic mass is 9.95. The molecular formula is C22H34N4O2. The van der Waals surface area contributed by atoms with Crippen molar-refractivity contribution in [3.05, 3.63) is 47.3 Å². The van der Waals surface area contributed by atoms with E-state index in [2.05, 4.69) is 24.0 Å². The summed E-state index contributed by atoms with van der Waals surface area (Å²) in [4.78, 5) is 16.7. The Kier molecular flexibility index (Phi) is 7.35. The molecular weight excluding hydrogens is 352 g/mol. The zero-order chi connectivity index (χ0) is 20.9. The van der Waals surface area contributed by atoms with E-state index in [0.29, 0.717) is 18.2 Å².